The molecule has 13 heavy (non-hydrogen) atoms. The van der Waals surface area contributed by atoms with Crippen LogP contribution >= 0.6 is 0 Å². The summed E-state index contributed by atoms with van der Waals surface area (Å²) in [5.74, 6) is 0.791. The van der Waals surface area contributed by atoms with Gasteiger partial charge in [-0.1, -0.05) is 20.8 Å². The van der Waals surface area contributed by atoms with Gasteiger partial charge in [0.2, 0.25) is 0 Å². The minimum Gasteiger partial charge on any atom is -0.329 e. The van der Waals surface area contributed by atoms with Crippen LogP contribution in [0.1, 0.15) is 40.0 Å². The highest BCUT2D eigenvalue weighted by Crippen LogP contribution is 2.43. The summed E-state index contributed by atoms with van der Waals surface area (Å²) >= 11 is 0. The Bertz CT molecular complexity index is 171. The van der Waals surface area contributed by atoms with Crippen molar-refractivity contribution in [2.75, 3.05) is 13.6 Å². The van der Waals surface area contributed by atoms with E-state index < -0.39 is 0 Å². The Morgan fingerprint density at radius 2 is 2.00 bits per heavy atom. The fourth-order valence-corrected chi connectivity index (χ4v) is 3.19. The normalized spacial score (nSPS) is 39.0. The third kappa shape index (κ3) is 2.44. The summed E-state index contributed by atoms with van der Waals surface area (Å²) in [6.07, 6.45) is 3.76. The molecule has 1 aliphatic rings. The predicted octanol–water partition coefficient (Wildman–Crippen LogP) is 1.75. The quantitative estimate of drug-likeness (QED) is 0.686. The highest BCUT2D eigenvalue weighted by atomic mass is 15.0. The largest absolute Gasteiger partial charge is 0.329 e. The van der Waals surface area contributed by atoms with Crippen molar-refractivity contribution < 1.29 is 0 Å². The van der Waals surface area contributed by atoms with Crippen LogP contribution in [-0.2, 0) is 0 Å². The Morgan fingerprint density at radius 3 is 2.38 bits per heavy atom. The van der Waals surface area contributed by atoms with Crippen LogP contribution in [0.5, 0.6) is 0 Å². The molecule has 0 radical (unpaired) electrons. The lowest BCUT2D eigenvalue weighted by Crippen LogP contribution is -2.55. The summed E-state index contributed by atoms with van der Waals surface area (Å²) in [6.45, 7) is 7.80. The maximum Gasteiger partial charge on any atom is 0.0308 e. The third-order valence-corrected chi connectivity index (χ3v) is 3.38. The molecule has 0 aromatic rings. The van der Waals surface area contributed by atoms with Crippen LogP contribution in [0.15, 0.2) is 0 Å². The van der Waals surface area contributed by atoms with Gasteiger partial charge in [0.05, 0.1) is 0 Å². The number of rotatable bonds is 2. The van der Waals surface area contributed by atoms with Crippen LogP contribution in [0, 0.1) is 11.3 Å². The molecule has 3 N–H and O–H groups in total. The summed E-state index contributed by atoms with van der Waals surface area (Å²) in [6, 6.07) is 0. The summed E-state index contributed by atoms with van der Waals surface area (Å²) < 4.78 is 0. The number of hydrogen-bond acceptors (Lipinski definition) is 2. The van der Waals surface area contributed by atoms with Crippen LogP contribution in [0.3, 0.4) is 0 Å². The highest BCUT2D eigenvalue weighted by molar-refractivity contribution is 4.98. The molecule has 0 aliphatic heterocycles. The van der Waals surface area contributed by atoms with Crippen molar-refractivity contribution in [3.63, 3.8) is 0 Å². The molecule has 1 fully saturated rings. The van der Waals surface area contributed by atoms with Gasteiger partial charge in [0.1, 0.15) is 0 Å². The molecule has 0 heterocycles. The second-order valence-corrected chi connectivity index (χ2v) is 5.59. The van der Waals surface area contributed by atoms with Crippen molar-refractivity contribution in [3.05, 3.63) is 0 Å². The minimum absolute atomic E-state index is 0.196. The SMILES string of the molecule is CNC1(CN)CC(C)CC(C)(C)C1. The van der Waals surface area contributed by atoms with Crippen LogP contribution < -0.4 is 11.1 Å². The van der Waals surface area contributed by atoms with Crippen molar-refractivity contribution in [2.45, 2.75) is 45.6 Å². The van der Waals surface area contributed by atoms with Gasteiger partial charge in [-0.3, -0.25) is 0 Å². The number of hydrogen-bond donors (Lipinski definition) is 2. The summed E-state index contributed by atoms with van der Waals surface area (Å²) in [5.41, 5.74) is 6.51. The van der Waals surface area contributed by atoms with E-state index in [1.807, 2.05) is 7.05 Å². The molecule has 1 saturated carbocycles. The molecule has 2 nitrogen and oxygen atoms in total. The second-order valence-electron chi connectivity index (χ2n) is 5.59. The molecule has 0 spiro atoms. The molecular weight excluding hydrogens is 160 g/mol. The first-order chi connectivity index (χ1) is 5.93. The summed E-state index contributed by atoms with van der Waals surface area (Å²) in [7, 11) is 2.04. The number of likely N-dealkylation sites (N-methyl/N-ethyl adjacent to an activating group) is 1. The Kier molecular flexibility index (Phi) is 3.03. The van der Waals surface area contributed by atoms with Gasteiger partial charge in [0.25, 0.3) is 0 Å². The molecule has 0 aromatic carbocycles. The molecule has 0 amide bonds. The minimum atomic E-state index is 0.196. The van der Waals surface area contributed by atoms with Gasteiger partial charge in [-0.15, -0.1) is 0 Å². The highest BCUT2D eigenvalue weighted by Gasteiger charge is 2.40. The number of nitrogens with two attached hydrogens (primary N) is 1. The van der Waals surface area contributed by atoms with Gasteiger partial charge in [-0.25, -0.2) is 0 Å². The van der Waals surface area contributed by atoms with Gasteiger partial charge in [-0.05, 0) is 37.6 Å². The molecule has 0 aromatic heterocycles. The molecule has 1 rings (SSSR count). The second kappa shape index (κ2) is 3.58. The van der Waals surface area contributed by atoms with Crippen molar-refractivity contribution in [3.8, 4) is 0 Å². The topological polar surface area (TPSA) is 38.0 Å². The Hall–Kier alpha value is -0.0800. The van der Waals surface area contributed by atoms with E-state index in [2.05, 4.69) is 26.1 Å². The van der Waals surface area contributed by atoms with Gasteiger partial charge >= 0.3 is 0 Å². The predicted molar refractivity (Wildman–Crippen MR) is 57.6 cm³/mol. The van der Waals surface area contributed by atoms with E-state index in [1.54, 1.807) is 0 Å². The standard InChI is InChI=1S/C11H24N2/c1-9-5-10(2,3)7-11(6-9,8-12)13-4/h9,13H,5-8,12H2,1-4H3. The lowest BCUT2D eigenvalue weighted by atomic mass is 9.64. The van der Waals surface area contributed by atoms with E-state index in [4.69, 9.17) is 5.73 Å². The van der Waals surface area contributed by atoms with E-state index in [1.165, 1.54) is 19.3 Å². The van der Waals surface area contributed by atoms with E-state index >= 15 is 0 Å². The number of nitrogens with one attached hydrogen (secondary N) is 1. The molecule has 0 bridgehead atoms. The Labute approximate surface area is 82.3 Å². The zero-order chi connectivity index (χ0) is 10.1. The van der Waals surface area contributed by atoms with E-state index in [9.17, 15) is 0 Å². The average Bonchev–Trinajstić information content (AvgIpc) is 2.00. The molecular formula is C11H24N2. The first kappa shape index (κ1) is 11.0. The molecule has 78 valence electrons. The molecule has 1 aliphatic carbocycles. The first-order valence-electron chi connectivity index (χ1n) is 5.32. The summed E-state index contributed by atoms with van der Waals surface area (Å²) in [5, 5.41) is 3.43. The van der Waals surface area contributed by atoms with Crippen LogP contribution in [-0.4, -0.2) is 19.1 Å². The lowest BCUT2D eigenvalue weighted by Gasteiger charge is -2.47. The smallest absolute Gasteiger partial charge is 0.0308 e. The van der Waals surface area contributed by atoms with E-state index in [0.717, 1.165) is 12.5 Å². The van der Waals surface area contributed by atoms with Gasteiger partial charge in [0.15, 0.2) is 0 Å². The van der Waals surface area contributed by atoms with Crippen molar-refractivity contribution >= 4 is 0 Å². The van der Waals surface area contributed by atoms with Crippen molar-refractivity contribution in [1.29, 1.82) is 0 Å². The third-order valence-electron chi connectivity index (χ3n) is 3.38. The maximum atomic E-state index is 5.87. The van der Waals surface area contributed by atoms with Gasteiger partial charge in [-0.2, -0.15) is 0 Å². The molecule has 2 unspecified atom stereocenters. The zero-order valence-electron chi connectivity index (χ0n) is 9.48. The van der Waals surface area contributed by atoms with Crippen molar-refractivity contribution in [2.24, 2.45) is 17.1 Å². The Balaban J connectivity index is 2.76. The van der Waals surface area contributed by atoms with Crippen molar-refractivity contribution in [1.82, 2.24) is 5.32 Å². The summed E-state index contributed by atoms with van der Waals surface area (Å²) in [4.78, 5) is 0. The van der Waals surface area contributed by atoms with E-state index in [0.29, 0.717) is 5.41 Å². The fraction of sp³-hybridized carbons (Fsp3) is 1.00. The fourth-order valence-electron chi connectivity index (χ4n) is 3.19. The van der Waals surface area contributed by atoms with Crippen LogP contribution in [0.4, 0.5) is 0 Å². The van der Waals surface area contributed by atoms with Gasteiger partial charge < -0.3 is 11.1 Å². The average molecular weight is 184 g/mol. The van der Waals surface area contributed by atoms with E-state index in [-0.39, 0.29) is 5.54 Å². The monoisotopic (exact) mass is 184 g/mol. The molecule has 0 saturated heterocycles. The van der Waals surface area contributed by atoms with Crippen LogP contribution in [0.25, 0.3) is 0 Å². The zero-order valence-corrected chi connectivity index (χ0v) is 9.48. The first-order valence-corrected chi connectivity index (χ1v) is 5.32. The van der Waals surface area contributed by atoms with Crippen LogP contribution in [0.2, 0.25) is 0 Å². The Morgan fingerprint density at radius 1 is 1.38 bits per heavy atom. The maximum absolute atomic E-state index is 5.87. The molecule has 2 heteroatoms. The molecule has 2 atom stereocenters. The van der Waals surface area contributed by atoms with Gasteiger partial charge in [0, 0.05) is 12.1 Å². The lowest BCUT2D eigenvalue weighted by molar-refractivity contribution is 0.0919.